The Hall–Kier alpha value is -2.10. The highest BCUT2D eigenvalue weighted by Gasteiger charge is 2.57. The van der Waals surface area contributed by atoms with Gasteiger partial charge in [-0.05, 0) is 19.1 Å². The summed E-state index contributed by atoms with van der Waals surface area (Å²) in [6.45, 7) is 0.947. The lowest BCUT2D eigenvalue weighted by molar-refractivity contribution is -0.497. The van der Waals surface area contributed by atoms with Gasteiger partial charge in [-0.15, -0.1) is 0 Å². The molecule has 0 spiro atoms. The Morgan fingerprint density at radius 1 is 1.52 bits per heavy atom. The summed E-state index contributed by atoms with van der Waals surface area (Å²) in [4.78, 5) is 21.5. The Morgan fingerprint density at radius 3 is 2.61 bits per heavy atom. The van der Waals surface area contributed by atoms with Crippen LogP contribution < -0.4 is 5.32 Å². The van der Waals surface area contributed by atoms with Crippen LogP contribution in [0.4, 0.5) is 13.2 Å². The van der Waals surface area contributed by atoms with E-state index in [1.54, 1.807) is 0 Å². The SMILES string of the molecule is Cc1ccc([C@](O)(CCNC(=O)[C@H]2C[C@H]2[N+](=O)[O-])C(F)(F)F)o1. The molecule has 0 radical (unpaired) electrons. The standard InChI is InChI=1S/C13H15F3N2O5/c1-7-2-3-10(23-7)12(20,13(14,15)16)4-5-17-11(19)8-6-9(8)18(21)22/h2-3,8-9,20H,4-6H2,1H3,(H,17,19)/t8-,9+,12+/m0/s1. The quantitative estimate of drug-likeness (QED) is 0.605. The van der Waals surface area contributed by atoms with E-state index in [0.29, 0.717) is 0 Å². The van der Waals surface area contributed by atoms with Gasteiger partial charge in [-0.25, -0.2) is 0 Å². The third-order valence-corrected chi connectivity index (χ3v) is 3.77. The van der Waals surface area contributed by atoms with Gasteiger partial charge in [0.1, 0.15) is 17.4 Å². The monoisotopic (exact) mass is 336 g/mol. The Kier molecular flexibility index (Phi) is 4.38. The maximum atomic E-state index is 13.2. The van der Waals surface area contributed by atoms with E-state index in [1.807, 2.05) is 0 Å². The molecule has 3 atom stereocenters. The summed E-state index contributed by atoms with van der Waals surface area (Å²) in [6.07, 6.45) is -5.78. The van der Waals surface area contributed by atoms with Crippen LogP contribution in [0.25, 0.3) is 0 Å². The molecule has 1 aliphatic rings. The molecule has 0 aromatic carbocycles. The Labute approximate surface area is 128 Å². The number of nitrogens with zero attached hydrogens (tertiary/aromatic N) is 1. The largest absolute Gasteiger partial charge is 0.463 e. The van der Waals surface area contributed by atoms with Gasteiger partial charge in [-0.2, -0.15) is 13.2 Å². The first-order valence-corrected chi connectivity index (χ1v) is 6.83. The molecule has 1 fully saturated rings. The summed E-state index contributed by atoms with van der Waals surface area (Å²) >= 11 is 0. The average Bonchev–Trinajstić information content (AvgIpc) is 3.13. The van der Waals surface area contributed by atoms with Crippen LogP contribution in [0.2, 0.25) is 0 Å². The van der Waals surface area contributed by atoms with Crippen LogP contribution in [-0.2, 0) is 10.4 Å². The molecule has 2 rings (SSSR count). The molecule has 1 amide bonds. The van der Waals surface area contributed by atoms with Gasteiger partial charge < -0.3 is 14.8 Å². The van der Waals surface area contributed by atoms with E-state index >= 15 is 0 Å². The lowest BCUT2D eigenvalue weighted by atomic mass is 9.95. The van der Waals surface area contributed by atoms with E-state index in [-0.39, 0.29) is 12.2 Å². The number of carbonyl (C=O) groups is 1. The van der Waals surface area contributed by atoms with Crippen LogP contribution in [0.1, 0.15) is 24.4 Å². The molecule has 0 aliphatic heterocycles. The van der Waals surface area contributed by atoms with Crippen molar-refractivity contribution in [3.05, 3.63) is 33.8 Å². The van der Waals surface area contributed by atoms with E-state index in [0.717, 1.165) is 6.07 Å². The minimum atomic E-state index is -5.00. The maximum Gasteiger partial charge on any atom is 0.424 e. The number of amides is 1. The van der Waals surface area contributed by atoms with Gasteiger partial charge >= 0.3 is 6.18 Å². The molecular formula is C13H15F3N2O5. The van der Waals surface area contributed by atoms with E-state index in [4.69, 9.17) is 4.42 Å². The predicted octanol–water partition coefficient (Wildman–Crippen LogP) is 1.51. The fraction of sp³-hybridized carbons (Fsp3) is 0.615. The van der Waals surface area contributed by atoms with Gasteiger partial charge in [-0.3, -0.25) is 14.9 Å². The number of hydrogen-bond donors (Lipinski definition) is 2. The number of aliphatic hydroxyl groups is 1. The number of rotatable bonds is 6. The van der Waals surface area contributed by atoms with Crippen LogP contribution >= 0.6 is 0 Å². The fourth-order valence-corrected chi connectivity index (χ4v) is 2.26. The summed E-state index contributed by atoms with van der Waals surface area (Å²) in [6, 6.07) is 1.33. The van der Waals surface area contributed by atoms with E-state index in [1.165, 1.54) is 13.0 Å². The number of nitro groups is 1. The number of aryl methyl sites for hydroxylation is 1. The summed E-state index contributed by atoms with van der Waals surface area (Å²) in [5, 5.41) is 22.6. The normalized spacial score (nSPS) is 23.2. The molecule has 1 aliphatic carbocycles. The lowest BCUT2D eigenvalue weighted by Gasteiger charge is -2.28. The van der Waals surface area contributed by atoms with Gasteiger partial charge in [0, 0.05) is 24.3 Å². The number of furan rings is 1. The van der Waals surface area contributed by atoms with Crippen molar-refractivity contribution in [3.63, 3.8) is 0 Å². The molecule has 23 heavy (non-hydrogen) atoms. The van der Waals surface area contributed by atoms with E-state index in [9.17, 15) is 33.2 Å². The lowest BCUT2D eigenvalue weighted by Crippen LogP contribution is -2.45. The van der Waals surface area contributed by atoms with Crippen molar-refractivity contribution in [1.29, 1.82) is 0 Å². The Morgan fingerprint density at radius 2 is 2.17 bits per heavy atom. The summed E-state index contributed by atoms with van der Waals surface area (Å²) in [7, 11) is 0. The second-order valence-corrected chi connectivity index (χ2v) is 5.50. The third-order valence-electron chi connectivity index (χ3n) is 3.77. The predicted molar refractivity (Wildman–Crippen MR) is 69.9 cm³/mol. The average molecular weight is 336 g/mol. The molecule has 10 heteroatoms. The molecular weight excluding hydrogens is 321 g/mol. The summed E-state index contributed by atoms with van der Waals surface area (Å²) < 4.78 is 44.3. The molecule has 2 N–H and O–H groups in total. The first kappa shape index (κ1) is 17.3. The summed E-state index contributed by atoms with van der Waals surface area (Å²) in [5.41, 5.74) is -3.24. The van der Waals surface area contributed by atoms with Crippen LogP contribution in [0, 0.1) is 23.0 Å². The van der Waals surface area contributed by atoms with E-state index in [2.05, 4.69) is 5.32 Å². The van der Waals surface area contributed by atoms with Crippen molar-refractivity contribution < 1.29 is 32.4 Å². The second kappa shape index (κ2) is 5.84. The Bertz CT molecular complexity index is 615. The number of alkyl halides is 3. The summed E-state index contributed by atoms with van der Waals surface area (Å²) in [5.74, 6) is -1.97. The van der Waals surface area contributed by atoms with Crippen LogP contribution in [0.5, 0.6) is 0 Å². The fourth-order valence-electron chi connectivity index (χ4n) is 2.26. The van der Waals surface area contributed by atoms with Crippen molar-refractivity contribution in [3.8, 4) is 0 Å². The first-order valence-electron chi connectivity index (χ1n) is 6.83. The van der Waals surface area contributed by atoms with Crippen molar-refractivity contribution in [2.45, 2.75) is 37.6 Å². The van der Waals surface area contributed by atoms with Gasteiger partial charge in [0.25, 0.3) is 0 Å². The molecule has 128 valence electrons. The molecule has 1 saturated carbocycles. The number of carbonyl (C=O) groups excluding carboxylic acids is 1. The van der Waals surface area contributed by atoms with Crippen molar-refractivity contribution in [2.24, 2.45) is 5.92 Å². The minimum absolute atomic E-state index is 0.0692. The van der Waals surface area contributed by atoms with Crippen LogP contribution in [0.15, 0.2) is 16.5 Å². The van der Waals surface area contributed by atoms with Crippen LogP contribution in [-0.4, -0.2) is 34.7 Å². The molecule has 7 nitrogen and oxygen atoms in total. The van der Waals surface area contributed by atoms with Crippen molar-refractivity contribution in [2.75, 3.05) is 6.54 Å². The smallest absolute Gasteiger partial charge is 0.424 e. The Balaban J connectivity index is 1.98. The zero-order valence-corrected chi connectivity index (χ0v) is 12.1. The van der Waals surface area contributed by atoms with Gasteiger partial charge in [0.2, 0.25) is 17.6 Å². The van der Waals surface area contributed by atoms with Crippen molar-refractivity contribution >= 4 is 5.91 Å². The minimum Gasteiger partial charge on any atom is -0.463 e. The molecule has 1 heterocycles. The highest BCUT2D eigenvalue weighted by atomic mass is 19.4. The first-order chi connectivity index (χ1) is 10.6. The topological polar surface area (TPSA) is 106 Å². The second-order valence-electron chi connectivity index (χ2n) is 5.50. The maximum absolute atomic E-state index is 13.2. The molecule has 0 bridgehead atoms. The highest BCUT2D eigenvalue weighted by molar-refractivity contribution is 5.81. The number of hydrogen-bond acceptors (Lipinski definition) is 5. The van der Waals surface area contributed by atoms with Gasteiger partial charge in [-0.1, -0.05) is 0 Å². The van der Waals surface area contributed by atoms with Gasteiger partial charge in [0.15, 0.2) is 0 Å². The van der Waals surface area contributed by atoms with Crippen LogP contribution in [0.3, 0.4) is 0 Å². The molecule has 1 aromatic rings. The van der Waals surface area contributed by atoms with Gasteiger partial charge in [0.05, 0.1) is 0 Å². The number of nitrogens with one attached hydrogen (secondary N) is 1. The molecule has 0 unspecified atom stereocenters. The molecule has 1 aromatic heterocycles. The van der Waals surface area contributed by atoms with E-state index < -0.39 is 53.3 Å². The molecule has 0 saturated heterocycles. The highest BCUT2D eigenvalue weighted by Crippen LogP contribution is 2.42. The van der Waals surface area contributed by atoms with Crippen molar-refractivity contribution in [1.82, 2.24) is 5.32 Å². The zero-order valence-electron chi connectivity index (χ0n) is 12.1. The number of halogens is 3. The zero-order chi connectivity index (χ0) is 17.4. The third kappa shape index (κ3) is 3.46.